The second kappa shape index (κ2) is 13.9. The number of rotatable bonds is 10. The van der Waals surface area contributed by atoms with E-state index in [-0.39, 0.29) is 36.8 Å². The molecule has 1 atom stereocenters. The highest BCUT2D eigenvalue weighted by molar-refractivity contribution is 7.09. The molecule has 0 saturated heterocycles. The van der Waals surface area contributed by atoms with Gasteiger partial charge < -0.3 is 11.1 Å². The minimum Gasteiger partial charge on any atom is -0.349 e. The lowest BCUT2D eigenvalue weighted by molar-refractivity contribution is 0.0930. The summed E-state index contributed by atoms with van der Waals surface area (Å²) in [6, 6.07) is 10.7. The summed E-state index contributed by atoms with van der Waals surface area (Å²) in [5.74, 6) is -0.107. The molecule has 0 aliphatic carbocycles. The molecule has 2 rings (SSSR count). The molecule has 1 unspecified atom stereocenters. The van der Waals surface area contributed by atoms with Crippen LogP contribution in [0.15, 0.2) is 35.7 Å². The standard InChI is InChI=1S/C19H28N4OS.2ClH/c1-3-23(4-2)16(12-15-8-6-5-7-9-15)13-21-19(24)17-14-25-18(22-17)10-11-20;;/h5-9,14,16H,3-4,10-13,20H2,1-2H3,(H,21,24);2*1H. The number of halogens is 2. The van der Waals surface area contributed by atoms with E-state index >= 15 is 0 Å². The highest BCUT2D eigenvalue weighted by Crippen LogP contribution is 2.11. The van der Waals surface area contributed by atoms with E-state index in [2.05, 4.69) is 53.3 Å². The number of benzene rings is 1. The van der Waals surface area contributed by atoms with Gasteiger partial charge in [0.1, 0.15) is 5.69 Å². The zero-order valence-electron chi connectivity index (χ0n) is 15.9. The van der Waals surface area contributed by atoms with Crippen LogP contribution in [0.4, 0.5) is 0 Å². The number of amides is 1. The SMILES string of the molecule is CCN(CC)C(CNC(=O)c1csc(CCN)n1)Cc1ccccc1.Cl.Cl. The van der Waals surface area contributed by atoms with Gasteiger partial charge in [-0.2, -0.15) is 0 Å². The minimum atomic E-state index is -0.107. The Bertz CT molecular complexity index is 650. The van der Waals surface area contributed by atoms with Crippen molar-refractivity contribution in [2.75, 3.05) is 26.2 Å². The predicted octanol–water partition coefficient (Wildman–Crippen LogP) is 3.17. The summed E-state index contributed by atoms with van der Waals surface area (Å²) in [5.41, 5.74) is 7.32. The van der Waals surface area contributed by atoms with Crippen LogP contribution in [0.5, 0.6) is 0 Å². The Kier molecular flexibility index (Phi) is 13.3. The number of nitrogens with one attached hydrogen (secondary N) is 1. The number of likely N-dealkylation sites (N-methyl/N-ethyl adjacent to an activating group) is 1. The molecule has 3 N–H and O–H groups in total. The van der Waals surface area contributed by atoms with E-state index in [1.54, 1.807) is 0 Å². The lowest BCUT2D eigenvalue weighted by Crippen LogP contribution is -2.45. The topological polar surface area (TPSA) is 71.2 Å². The van der Waals surface area contributed by atoms with Gasteiger partial charge in [0.25, 0.3) is 5.91 Å². The first kappa shape index (κ1) is 25.8. The van der Waals surface area contributed by atoms with Crippen molar-refractivity contribution in [2.24, 2.45) is 5.73 Å². The van der Waals surface area contributed by atoms with Crippen LogP contribution in [-0.4, -0.2) is 48.0 Å². The molecule has 27 heavy (non-hydrogen) atoms. The zero-order valence-corrected chi connectivity index (χ0v) is 18.3. The monoisotopic (exact) mass is 432 g/mol. The fourth-order valence-corrected chi connectivity index (χ4v) is 3.71. The van der Waals surface area contributed by atoms with Crippen LogP contribution in [0.2, 0.25) is 0 Å². The summed E-state index contributed by atoms with van der Waals surface area (Å²) in [5, 5.41) is 5.78. The third-order valence-electron chi connectivity index (χ3n) is 4.28. The molecule has 152 valence electrons. The summed E-state index contributed by atoms with van der Waals surface area (Å²) >= 11 is 1.49. The Hall–Kier alpha value is -1.18. The maximum Gasteiger partial charge on any atom is 0.270 e. The highest BCUT2D eigenvalue weighted by atomic mass is 35.5. The van der Waals surface area contributed by atoms with Crippen LogP contribution in [0.1, 0.15) is 34.9 Å². The van der Waals surface area contributed by atoms with Gasteiger partial charge in [0.15, 0.2) is 0 Å². The smallest absolute Gasteiger partial charge is 0.270 e. The second-order valence-corrected chi connectivity index (χ2v) is 6.88. The van der Waals surface area contributed by atoms with Gasteiger partial charge in [-0.1, -0.05) is 44.2 Å². The van der Waals surface area contributed by atoms with E-state index in [1.165, 1.54) is 16.9 Å². The maximum absolute atomic E-state index is 12.4. The first-order valence-electron chi connectivity index (χ1n) is 8.88. The number of hydrogen-bond donors (Lipinski definition) is 2. The second-order valence-electron chi connectivity index (χ2n) is 5.94. The Morgan fingerprint density at radius 3 is 2.48 bits per heavy atom. The molecule has 0 aliphatic rings. The van der Waals surface area contributed by atoms with Gasteiger partial charge in [-0.25, -0.2) is 4.98 Å². The quantitative estimate of drug-likeness (QED) is 0.604. The van der Waals surface area contributed by atoms with Gasteiger partial charge in [-0.15, -0.1) is 36.2 Å². The molecular weight excluding hydrogens is 403 g/mol. The molecule has 0 saturated carbocycles. The van der Waals surface area contributed by atoms with E-state index < -0.39 is 0 Å². The lowest BCUT2D eigenvalue weighted by Gasteiger charge is -2.30. The fourth-order valence-electron chi connectivity index (χ4n) is 2.91. The van der Waals surface area contributed by atoms with E-state index in [4.69, 9.17) is 5.73 Å². The number of nitrogens with two attached hydrogens (primary N) is 1. The van der Waals surface area contributed by atoms with Crippen LogP contribution < -0.4 is 11.1 Å². The van der Waals surface area contributed by atoms with Gasteiger partial charge in [0.05, 0.1) is 5.01 Å². The predicted molar refractivity (Wildman–Crippen MR) is 119 cm³/mol. The molecule has 1 aromatic heterocycles. The first-order chi connectivity index (χ1) is 12.2. The van der Waals surface area contributed by atoms with Gasteiger partial charge in [0, 0.05) is 24.4 Å². The first-order valence-corrected chi connectivity index (χ1v) is 9.76. The molecule has 8 heteroatoms. The van der Waals surface area contributed by atoms with Gasteiger partial charge in [-0.05, 0) is 31.6 Å². The van der Waals surface area contributed by atoms with Crippen molar-refractivity contribution in [3.05, 3.63) is 52.0 Å². The molecule has 1 aromatic carbocycles. The molecule has 2 aromatic rings. The summed E-state index contributed by atoms with van der Waals surface area (Å²) in [6.07, 6.45) is 1.63. The van der Waals surface area contributed by atoms with Gasteiger partial charge >= 0.3 is 0 Å². The molecule has 1 amide bonds. The largest absolute Gasteiger partial charge is 0.349 e. The van der Waals surface area contributed by atoms with Crippen LogP contribution in [0, 0.1) is 0 Å². The normalized spacial score (nSPS) is 11.4. The Morgan fingerprint density at radius 2 is 1.89 bits per heavy atom. The Labute approximate surface area is 178 Å². The maximum atomic E-state index is 12.4. The van der Waals surface area contributed by atoms with Crippen LogP contribution in [-0.2, 0) is 12.8 Å². The molecule has 0 spiro atoms. The van der Waals surface area contributed by atoms with Crippen LogP contribution in [0.25, 0.3) is 0 Å². The number of carbonyl (C=O) groups is 1. The summed E-state index contributed by atoms with van der Waals surface area (Å²) in [7, 11) is 0. The molecule has 0 bridgehead atoms. The molecule has 0 fully saturated rings. The fraction of sp³-hybridized carbons (Fsp3) is 0.474. The van der Waals surface area contributed by atoms with Crippen LogP contribution in [0.3, 0.4) is 0 Å². The molecule has 0 aliphatic heterocycles. The van der Waals surface area contributed by atoms with Crippen molar-refractivity contribution in [1.82, 2.24) is 15.2 Å². The average Bonchev–Trinajstić information content (AvgIpc) is 3.10. The van der Waals surface area contributed by atoms with Crippen molar-refractivity contribution in [1.29, 1.82) is 0 Å². The third-order valence-corrected chi connectivity index (χ3v) is 5.19. The van der Waals surface area contributed by atoms with Crippen LogP contribution >= 0.6 is 36.2 Å². The van der Waals surface area contributed by atoms with Gasteiger partial charge in [-0.3, -0.25) is 9.69 Å². The summed E-state index contributed by atoms with van der Waals surface area (Å²) < 4.78 is 0. The van der Waals surface area contributed by atoms with Crippen molar-refractivity contribution < 1.29 is 4.79 Å². The average molecular weight is 433 g/mol. The number of carbonyl (C=O) groups excluding carboxylic acids is 1. The number of thiazole rings is 1. The summed E-state index contributed by atoms with van der Waals surface area (Å²) in [6.45, 7) is 7.39. The van der Waals surface area contributed by atoms with Crippen molar-refractivity contribution in [3.8, 4) is 0 Å². The zero-order chi connectivity index (χ0) is 18.1. The molecule has 1 heterocycles. The lowest BCUT2D eigenvalue weighted by atomic mass is 10.0. The number of hydrogen-bond acceptors (Lipinski definition) is 5. The molecule has 0 radical (unpaired) electrons. The van der Waals surface area contributed by atoms with Crippen molar-refractivity contribution in [3.63, 3.8) is 0 Å². The molecule has 5 nitrogen and oxygen atoms in total. The van der Waals surface area contributed by atoms with E-state index in [1.807, 2.05) is 11.4 Å². The van der Waals surface area contributed by atoms with Gasteiger partial charge in [0.2, 0.25) is 0 Å². The Morgan fingerprint density at radius 1 is 1.22 bits per heavy atom. The summed E-state index contributed by atoms with van der Waals surface area (Å²) in [4.78, 5) is 19.1. The van der Waals surface area contributed by atoms with E-state index in [0.717, 1.165) is 24.5 Å². The third kappa shape index (κ3) is 8.15. The minimum absolute atomic E-state index is 0. The highest BCUT2D eigenvalue weighted by Gasteiger charge is 2.18. The Balaban J connectivity index is 0.00000338. The van der Waals surface area contributed by atoms with E-state index in [9.17, 15) is 4.79 Å². The van der Waals surface area contributed by atoms with Crippen molar-refractivity contribution >= 4 is 42.1 Å². The van der Waals surface area contributed by atoms with Crippen molar-refractivity contribution in [2.45, 2.75) is 32.7 Å². The molecular formula is C19H30Cl2N4OS. The number of aromatic nitrogens is 1. The van der Waals surface area contributed by atoms with E-state index in [0.29, 0.717) is 25.2 Å². The number of nitrogens with zero attached hydrogens (tertiary/aromatic N) is 2.